The van der Waals surface area contributed by atoms with Crippen LogP contribution in [0.5, 0.6) is 0 Å². The van der Waals surface area contributed by atoms with Crippen molar-refractivity contribution in [3.63, 3.8) is 0 Å². The molecule has 2 rings (SSSR count). The molecule has 0 fully saturated rings. The Labute approximate surface area is 82.3 Å². The number of hydrogen-bond acceptors (Lipinski definition) is 3. The van der Waals surface area contributed by atoms with Gasteiger partial charge in [0.1, 0.15) is 0 Å². The summed E-state index contributed by atoms with van der Waals surface area (Å²) < 4.78 is 0. The highest BCUT2D eigenvalue weighted by molar-refractivity contribution is 6.13. The zero-order chi connectivity index (χ0) is 9.97. The number of rotatable bonds is 2. The molecular formula is C10H11N3O. The van der Waals surface area contributed by atoms with Gasteiger partial charge in [-0.1, -0.05) is 0 Å². The third-order valence-corrected chi connectivity index (χ3v) is 2.14. The molecular weight excluding hydrogens is 178 g/mol. The largest absolute Gasteiger partial charge is 0.273 e. The molecule has 0 spiro atoms. The van der Waals surface area contributed by atoms with Gasteiger partial charge in [-0.3, -0.25) is 9.78 Å². The molecule has 0 atom stereocenters. The second-order valence-electron chi connectivity index (χ2n) is 3.07. The van der Waals surface area contributed by atoms with E-state index in [4.69, 9.17) is 0 Å². The number of hydrogen-bond donors (Lipinski definition) is 0. The lowest BCUT2D eigenvalue weighted by molar-refractivity contribution is -0.128. The summed E-state index contributed by atoms with van der Waals surface area (Å²) in [4.78, 5) is 15.4. The van der Waals surface area contributed by atoms with E-state index in [0.717, 1.165) is 11.3 Å². The van der Waals surface area contributed by atoms with Crippen LogP contribution in [0.15, 0.2) is 29.6 Å². The minimum Gasteiger partial charge on any atom is -0.273 e. The number of aromatic nitrogens is 1. The SMILES string of the molecule is CCN1N=C(c2cccnc2)CC1=O. The summed E-state index contributed by atoms with van der Waals surface area (Å²) in [7, 11) is 0. The maximum Gasteiger partial charge on any atom is 0.248 e. The average molecular weight is 189 g/mol. The van der Waals surface area contributed by atoms with Gasteiger partial charge in [-0.05, 0) is 19.1 Å². The van der Waals surface area contributed by atoms with Crippen molar-refractivity contribution in [1.29, 1.82) is 0 Å². The van der Waals surface area contributed by atoms with E-state index in [-0.39, 0.29) is 5.91 Å². The van der Waals surface area contributed by atoms with Gasteiger partial charge in [0, 0.05) is 24.5 Å². The zero-order valence-corrected chi connectivity index (χ0v) is 7.97. The third kappa shape index (κ3) is 1.51. The van der Waals surface area contributed by atoms with Crippen LogP contribution in [0.1, 0.15) is 18.9 Å². The molecule has 0 bridgehead atoms. The fourth-order valence-corrected chi connectivity index (χ4v) is 1.41. The van der Waals surface area contributed by atoms with Crippen LogP contribution in [0, 0.1) is 0 Å². The first kappa shape index (κ1) is 8.87. The van der Waals surface area contributed by atoms with Gasteiger partial charge in [0.2, 0.25) is 5.91 Å². The summed E-state index contributed by atoms with van der Waals surface area (Å²) >= 11 is 0. The van der Waals surface area contributed by atoms with Crippen molar-refractivity contribution in [3.8, 4) is 0 Å². The molecule has 14 heavy (non-hydrogen) atoms. The summed E-state index contributed by atoms with van der Waals surface area (Å²) in [5.41, 5.74) is 1.74. The Morgan fingerprint density at radius 3 is 3.00 bits per heavy atom. The highest BCUT2D eigenvalue weighted by Gasteiger charge is 2.22. The van der Waals surface area contributed by atoms with E-state index < -0.39 is 0 Å². The molecule has 4 nitrogen and oxygen atoms in total. The van der Waals surface area contributed by atoms with E-state index in [1.54, 1.807) is 12.4 Å². The molecule has 1 aliphatic heterocycles. The number of nitrogens with zero attached hydrogens (tertiary/aromatic N) is 3. The number of amides is 1. The van der Waals surface area contributed by atoms with Gasteiger partial charge in [0.15, 0.2) is 0 Å². The van der Waals surface area contributed by atoms with Crippen LogP contribution in [0.3, 0.4) is 0 Å². The summed E-state index contributed by atoms with van der Waals surface area (Å²) in [6.45, 7) is 2.54. The molecule has 2 heterocycles. The number of carbonyl (C=O) groups is 1. The second kappa shape index (κ2) is 3.57. The van der Waals surface area contributed by atoms with Crippen molar-refractivity contribution in [2.75, 3.05) is 6.54 Å². The van der Waals surface area contributed by atoms with Crippen molar-refractivity contribution < 1.29 is 4.79 Å². The van der Waals surface area contributed by atoms with Gasteiger partial charge >= 0.3 is 0 Å². The predicted molar refractivity (Wildman–Crippen MR) is 52.8 cm³/mol. The van der Waals surface area contributed by atoms with Gasteiger partial charge in [0.25, 0.3) is 0 Å². The first-order valence-corrected chi connectivity index (χ1v) is 4.59. The molecule has 0 saturated heterocycles. The number of hydrazone groups is 1. The van der Waals surface area contributed by atoms with Crippen molar-refractivity contribution >= 4 is 11.6 Å². The monoisotopic (exact) mass is 189 g/mol. The van der Waals surface area contributed by atoms with Gasteiger partial charge in [-0.25, -0.2) is 5.01 Å². The lowest BCUT2D eigenvalue weighted by Gasteiger charge is -2.05. The van der Waals surface area contributed by atoms with Crippen LogP contribution in [-0.2, 0) is 4.79 Å². The van der Waals surface area contributed by atoms with Gasteiger partial charge < -0.3 is 0 Å². The topological polar surface area (TPSA) is 45.6 Å². The summed E-state index contributed by atoms with van der Waals surface area (Å²) in [6.07, 6.45) is 3.82. The fourth-order valence-electron chi connectivity index (χ4n) is 1.41. The standard InChI is InChI=1S/C10H11N3O/c1-2-13-10(14)6-9(12-13)8-4-3-5-11-7-8/h3-5,7H,2,6H2,1H3. The third-order valence-electron chi connectivity index (χ3n) is 2.14. The Bertz CT molecular complexity index is 372. The smallest absolute Gasteiger partial charge is 0.248 e. The second-order valence-corrected chi connectivity index (χ2v) is 3.07. The molecule has 0 N–H and O–H groups in total. The van der Waals surface area contributed by atoms with Crippen molar-refractivity contribution in [3.05, 3.63) is 30.1 Å². The molecule has 1 aromatic rings. The van der Waals surface area contributed by atoms with E-state index in [0.29, 0.717) is 13.0 Å². The Hall–Kier alpha value is -1.71. The van der Waals surface area contributed by atoms with E-state index in [1.165, 1.54) is 5.01 Å². The van der Waals surface area contributed by atoms with Crippen LogP contribution in [-0.4, -0.2) is 28.2 Å². The summed E-state index contributed by atoms with van der Waals surface area (Å²) in [6, 6.07) is 3.76. The quantitative estimate of drug-likeness (QED) is 0.697. The Kier molecular flexibility index (Phi) is 2.26. The Balaban J connectivity index is 2.26. The Morgan fingerprint density at radius 1 is 1.57 bits per heavy atom. The Morgan fingerprint density at radius 2 is 2.43 bits per heavy atom. The first-order chi connectivity index (χ1) is 6.81. The molecule has 1 amide bonds. The first-order valence-electron chi connectivity index (χ1n) is 4.59. The normalized spacial score (nSPS) is 15.9. The molecule has 0 radical (unpaired) electrons. The lowest BCUT2D eigenvalue weighted by atomic mass is 10.1. The van der Waals surface area contributed by atoms with E-state index in [1.807, 2.05) is 19.1 Å². The molecule has 0 aliphatic carbocycles. The van der Waals surface area contributed by atoms with Crippen LogP contribution >= 0.6 is 0 Å². The van der Waals surface area contributed by atoms with Crippen LogP contribution in [0.25, 0.3) is 0 Å². The molecule has 0 aromatic carbocycles. The lowest BCUT2D eigenvalue weighted by Crippen LogP contribution is -2.19. The predicted octanol–water partition coefficient (Wildman–Crippen LogP) is 1.04. The molecule has 0 unspecified atom stereocenters. The van der Waals surface area contributed by atoms with Gasteiger partial charge in [0.05, 0.1) is 12.1 Å². The number of pyridine rings is 1. The van der Waals surface area contributed by atoms with Crippen LogP contribution in [0.4, 0.5) is 0 Å². The van der Waals surface area contributed by atoms with E-state index >= 15 is 0 Å². The zero-order valence-electron chi connectivity index (χ0n) is 7.97. The maximum atomic E-state index is 11.4. The average Bonchev–Trinajstić information content (AvgIpc) is 2.61. The van der Waals surface area contributed by atoms with Crippen molar-refractivity contribution in [2.45, 2.75) is 13.3 Å². The van der Waals surface area contributed by atoms with Crippen LogP contribution in [0.2, 0.25) is 0 Å². The molecule has 1 aliphatic rings. The molecule has 0 saturated carbocycles. The molecule has 1 aromatic heterocycles. The highest BCUT2D eigenvalue weighted by atomic mass is 16.2. The summed E-state index contributed by atoms with van der Waals surface area (Å²) in [5, 5.41) is 5.71. The maximum absolute atomic E-state index is 11.4. The fraction of sp³-hybridized carbons (Fsp3) is 0.300. The molecule has 72 valence electrons. The van der Waals surface area contributed by atoms with Gasteiger partial charge in [-0.2, -0.15) is 5.10 Å². The highest BCUT2D eigenvalue weighted by Crippen LogP contribution is 2.13. The molecule has 4 heteroatoms. The minimum atomic E-state index is 0.0614. The van der Waals surface area contributed by atoms with Crippen molar-refractivity contribution in [1.82, 2.24) is 9.99 Å². The minimum absolute atomic E-state index is 0.0614. The van der Waals surface area contributed by atoms with Crippen LogP contribution < -0.4 is 0 Å². The van der Waals surface area contributed by atoms with E-state index in [2.05, 4.69) is 10.1 Å². The number of carbonyl (C=O) groups excluding carboxylic acids is 1. The van der Waals surface area contributed by atoms with Gasteiger partial charge in [-0.15, -0.1) is 0 Å². The summed E-state index contributed by atoms with van der Waals surface area (Å²) in [5.74, 6) is 0.0614. The van der Waals surface area contributed by atoms with Crippen molar-refractivity contribution in [2.24, 2.45) is 5.10 Å². The van der Waals surface area contributed by atoms with E-state index in [9.17, 15) is 4.79 Å².